The molecule has 112 valence electrons. The van der Waals surface area contributed by atoms with Crippen LogP contribution in [-0.4, -0.2) is 25.8 Å². The van der Waals surface area contributed by atoms with E-state index >= 15 is 0 Å². The molecule has 1 atom stereocenters. The second kappa shape index (κ2) is 6.59. The summed E-state index contributed by atoms with van der Waals surface area (Å²) in [7, 11) is -3.26. The van der Waals surface area contributed by atoms with Crippen LogP contribution in [0.2, 0.25) is 0 Å². The molecule has 1 fully saturated rings. The summed E-state index contributed by atoms with van der Waals surface area (Å²) in [6.07, 6.45) is 4.21. The molecule has 1 aliphatic rings. The molecule has 1 aromatic rings. The lowest BCUT2D eigenvalue weighted by Gasteiger charge is -2.20. The van der Waals surface area contributed by atoms with Crippen molar-refractivity contribution >= 4 is 15.7 Å². The van der Waals surface area contributed by atoms with Crippen LogP contribution in [0.4, 0.5) is 5.69 Å². The number of nitrogens with zero attached hydrogens (tertiary/aromatic N) is 1. The van der Waals surface area contributed by atoms with Gasteiger partial charge in [-0.25, -0.2) is 12.7 Å². The van der Waals surface area contributed by atoms with Crippen LogP contribution in [0, 0.1) is 5.92 Å². The summed E-state index contributed by atoms with van der Waals surface area (Å²) < 4.78 is 26.7. The third-order valence-electron chi connectivity index (χ3n) is 4.17. The molecular formula is C15H24N2O2S. The minimum atomic E-state index is -3.26. The molecule has 2 N–H and O–H groups in total. The largest absolute Gasteiger partial charge is 0.398 e. The minimum absolute atomic E-state index is 0.0104. The van der Waals surface area contributed by atoms with E-state index in [1.165, 1.54) is 0 Å². The SMILES string of the molecule is CCC1CCCN(S(=O)(=O)Cc2ccccc2N)CC1. The summed E-state index contributed by atoms with van der Waals surface area (Å²) in [5, 5.41) is 0. The maximum absolute atomic E-state index is 12.5. The third kappa shape index (κ3) is 3.73. The van der Waals surface area contributed by atoms with Crippen molar-refractivity contribution in [2.75, 3.05) is 18.8 Å². The number of hydrogen-bond donors (Lipinski definition) is 1. The molecule has 0 amide bonds. The highest BCUT2D eigenvalue weighted by Gasteiger charge is 2.26. The van der Waals surface area contributed by atoms with Crippen molar-refractivity contribution in [3.63, 3.8) is 0 Å². The van der Waals surface area contributed by atoms with Crippen molar-refractivity contribution in [2.24, 2.45) is 5.92 Å². The third-order valence-corrected chi connectivity index (χ3v) is 6.00. The van der Waals surface area contributed by atoms with Gasteiger partial charge in [-0.15, -0.1) is 0 Å². The van der Waals surface area contributed by atoms with Crippen LogP contribution in [0.15, 0.2) is 24.3 Å². The average molecular weight is 296 g/mol. The Bertz CT molecular complexity index is 543. The van der Waals surface area contributed by atoms with E-state index < -0.39 is 10.0 Å². The van der Waals surface area contributed by atoms with Crippen molar-refractivity contribution in [1.29, 1.82) is 0 Å². The Kier molecular flexibility index (Phi) is 5.05. The molecular weight excluding hydrogens is 272 g/mol. The van der Waals surface area contributed by atoms with Gasteiger partial charge in [-0.05, 0) is 36.8 Å². The first kappa shape index (κ1) is 15.3. The van der Waals surface area contributed by atoms with Crippen molar-refractivity contribution in [2.45, 2.75) is 38.4 Å². The molecule has 1 saturated heterocycles. The molecule has 0 aromatic heterocycles. The van der Waals surface area contributed by atoms with E-state index in [0.717, 1.165) is 25.7 Å². The van der Waals surface area contributed by atoms with Crippen molar-refractivity contribution in [3.8, 4) is 0 Å². The van der Waals surface area contributed by atoms with Gasteiger partial charge in [-0.2, -0.15) is 0 Å². The number of anilines is 1. The molecule has 0 saturated carbocycles. The monoisotopic (exact) mass is 296 g/mol. The molecule has 1 heterocycles. The van der Waals surface area contributed by atoms with Gasteiger partial charge in [0, 0.05) is 18.8 Å². The molecule has 1 unspecified atom stereocenters. The Morgan fingerprint density at radius 2 is 2.00 bits per heavy atom. The Morgan fingerprint density at radius 1 is 1.25 bits per heavy atom. The Labute approximate surface area is 122 Å². The normalized spacial score (nSPS) is 21.6. The molecule has 1 aliphatic heterocycles. The number of para-hydroxylation sites is 1. The fourth-order valence-electron chi connectivity index (χ4n) is 2.78. The van der Waals surface area contributed by atoms with E-state index in [4.69, 9.17) is 5.73 Å². The zero-order valence-corrected chi connectivity index (χ0v) is 12.9. The van der Waals surface area contributed by atoms with Crippen LogP contribution in [0.25, 0.3) is 0 Å². The molecule has 5 heteroatoms. The lowest BCUT2D eigenvalue weighted by Crippen LogP contribution is -2.33. The zero-order valence-electron chi connectivity index (χ0n) is 12.1. The van der Waals surface area contributed by atoms with Crippen LogP contribution in [0.3, 0.4) is 0 Å². The second-order valence-electron chi connectivity index (χ2n) is 5.56. The fraction of sp³-hybridized carbons (Fsp3) is 0.600. The van der Waals surface area contributed by atoms with Gasteiger partial charge >= 0.3 is 0 Å². The van der Waals surface area contributed by atoms with Crippen molar-refractivity contribution in [3.05, 3.63) is 29.8 Å². The summed E-state index contributed by atoms with van der Waals surface area (Å²) in [4.78, 5) is 0. The van der Waals surface area contributed by atoms with Gasteiger partial charge in [-0.1, -0.05) is 31.5 Å². The Hall–Kier alpha value is -1.07. The van der Waals surface area contributed by atoms with Gasteiger partial charge in [-0.3, -0.25) is 0 Å². The lowest BCUT2D eigenvalue weighted by atomic mass is 9.98. The highest BCUT2D eigenvalue weighted by molar-refractivity contribution is 7.88. The predicted octanol–water partition coefficient (Wildman–Crippen LogP) is 2.61. The zero-order chi connectivity index (χ0) is 14.6. The number of nitrogens with two attached hydrogens (primary N) is 1. The van der Waals surface area contributed by atoms with Crippen LogP contribution in [-0.2, 0) is 15.8 Å². The number of benzene rings is 1. The molecule has 0 bridgehead atoms. The average Bonchev–Trinajstić information content (AvgIpc) is 2.67. The molecule has 2 rings (SSSR count). The van der Waals surface area contributed by atoms with E-state index in [2.05, 4.69) is 6.92 Å². The van der Waals surface area contributed by atoms with Gasteiger partial charge in [0.1, 0.15) is 0 Å². The van der Waals surface area contributed by atoms with E-state index in [9.17, 15) is 8.42 Å². The summed E-state index contributed by atoms with van der Waals surface area (Å²) in [6.45, 7) is 3.47. The topological polar surface area (TPSA) is 63.4 Å². The number of hydrogen-bond acceptors (Lipinski definition) is 3. The van der Waals surface area contributed by atoms with Gasteiger partial charge in [0.15, 0.2) is 0 Å². The van der Waals surface area contributed by atoms with E-state index in [0.29, 0.717) is 30.3 Å². The smallest absolute Gasteiger partial charge is 0.218 e. The molecule has 0 spiro atoms. The minimum Gasteiger partial charge on any atom is -0.398 e. The number of sulfonamides is 1. The Balaban J connectivity index is 2.08. The van der Waals surface area contributed by atoms with Gasteiger partial charge in [0.05, 0.1) is 5.75 Å². The summed E-state index contributed by atoms with van der Waals surface area (Å²) in [5.74, 6) is 0.674. The summed E-state index contributed by atoms with van der Waals surface area (Å²) in [5.41, 5.74) is 7.10. The lowest BCUT2D eigenvalue weighted by molar-refractivity contribution is 0.407. The van der Waals surface area contributed by atoms with E-state index in [1.807, 2.05) is 12.1 Å². The van der Waals surface area contributed by atoms with Crippen LogP contribution < -0.4 is 5.73 Å². The first-order valence-electron chi connectivity index (χ1n) is 7.34. The maximum atomic E-state index is 12.5. The predicted molar refractivity (Wildman–Crippen MR) is 82.7 cm³/mol. The van der Waals surface area contributed by atoms with Crippen LogP contribution in [0.1, 0.15) is 38.2 Å². The van der Waals surface area contributed by atoms with Gasteiger partial charge < -0.3 is 5.73 Å². The first-order chi connectivity index (χ1) is 9.53. The quantitative estimate of drug-likeness (QED) is 0.869. The summed E-state index contributed by atoms with van der Waals surface area (Å²) >= 11 is 0. The van der Waals surface area contributed by atoms with Crippen LogP contribution in [0.5, 0.6) is 0 Å². The molecule has 20 heavy (non-hydrogen) atoms. The van der Waals surface area contributed by atoms with Crippen molar-refractivity contribution in [1.82, 2.24) is 4.31 Å². The highest BCUT2D eigenvalue weighted by Crippen LogP contribution is 2.24. The molecule has 0 radical (unpaired) electrons. The van der Waals surface area contributed by atoms with Crippen LogP contribution >= 0.6 is 0 Å². The second-order valence-corrected chi connectivity index (χ2v) is 7.53. The fourth-order valence-corrected chi connectivity index (χ4v) is 4.41. The summed E-state index contributed by atoms with van der Waals surface area (Å²) in [6, 6.07) is 7.19. The van der Waals surface area contributed by atoms with Crippen molar-refractivity contribution < 1.29 is 8.42 Å². The molecule has 1 aromatic carbocycles. The highest BCUT2D eigenvalue weighted by atomic mass is 32.2. The number of nitrogen functional groups attached to an aromatic ring is 1. The van der Waals surface area contributed by atoms with E-state index in [-0.39, 0.29) is 5.75 Å². The molecule has 0 aliphatic carbocycles. The Morgan fingerprint density at radius 3 is 2.70 bits per heavy atom. The number of rotatable bonds is 4. The molecule has 4 nitrogen and oxygen atoms in total. The van der Waals surface area contributed by atoms with Gasteiger partial charge in [0.2, 0.25) is 10.0 Å². The standard InChI is InChI=1S/C15H24N2O2S/c1-2-13-6-5-10-17(11-9-13)20(18,19)12-14-7-3-4-8-15(14)16/h3-4,7-8,13H,2,5-6,9-12,16H2,1H3. The first-order valence-corrected chi connectivity index (χ1v) is 8.95. The van der Waals surface area contributed by atoms with E-state index in [1.54, 1.807) is 16.4 Å². The maximum Gasteiger partial charge on any atom is 0.218 e. The van der Waals surface area contributed by atoms with Gasteiger partial charge in [0.25, 0.3) is 0 Å².